The molecule has 0 aromatic carbocycles. The van der Waals surface area contributed by atoms with Crippen molar-refractivity contribution in [3.05, 3.63) is 12.2 Å². The lowest BCUT2D eigenvalue weighted by atomic mass is 9.97. The molecule has 0 aliphatic carbocycles. The van der Waals surface area contributed by atoms with Crippen LogP contribution < -0.4 is 10.6 Å². The molecule has 2 amide bonds. The number of nitrogens with one attached hydrogen (secondary N) is 2. The summed E-state index contributed by atoms with van der Waals surface area (Å²) in [5.74, 6) is -0.428. The molecule has 0 spiro atoms. The summed E-state index contributed by atoms with van der Waals surface area (Å²) in [7, 11) is 0. The first-order valence-electron chi connectivity index (χ1n) is 8.47. The molecule has 1 saturated heterocycles. The van der Waals surface area contributed by atoms with E-state index in [1.54, 1.807) is 12.2 Å². The fourth-order valence-electron chi connectivity index (χ4n) is 2.30. The molecule has 5 atom stereocenters. The van der Waals surface area contributed by atoms with E-state index >= 15 is 0 Å². The fourth-order valence-corrected chi connectivity index (χ4v) is 2.30. The van der Waals surface area contributed by atoms with Crippen LogP contribution >= 0.6 is 0 Å². The largest absolute Gasteiger partial charge is 0.445 e. The number of carbonyl (C=O) groups excluding carboxylic acids is 2. The Kier molecular flexibility index (Phi) is 10.1. The lowest BCUT2D eigenvalue weighted by molar-refractivity contribution is -0.267. The maximum Gasteiger partial charge on any atom is 0.407 e. The van der Waals surface area contributed by atoms with Gasteiger partial charge in [-0.15, -0.1) is 0 Å². The smallest absolute Gasteiger partial charge is 0.407 e. The van der Waals surface area contributed by atoms with Gasteiger partial charge < -0.3 is 40.2 Å². The predicted octanol–water partition coefficient (Wildman–Crippen LogP) is -1.36. The van der Waals surface area contributed by atoms with Gasteiger partial charge in [0.25, 0.3) is 0 Å². The van der Waals surface area contributed by atoms with Gasteiger partial charge in [0.05, 0.1) is 13.2 Å². The summed E-state index contributed by atoms with van der Waals surface area (Å²) in [6.45, 7) is 3.31. The molecule has 1 fully saturated rings. The van der Waals surface area contributed by atoms with Crippen LogP contribution in [0, 0.1) is 0 Å². The Morgan fingerprint density at radius 1 is 1.19 bits per heavy atom. The quantitative estimate of drug-likeness (QED) is 0.310. The van der Waals surface area contributed by atoms with Crippen LogP contribution in [0.3, 0.4) is 0 Å². The van der Waals surface area contributed by atoms with E-state index in [0.29, 0.717) is 6.54 Å². The van der Waals surface area contributed by atoms with Gasteiger partial charge >= 0.3 is 6.09 Å². The van der Waals surface area contributed by atoms with Crippen molar-refractivity contribution < 1.29 is 39.1 Å². The first kappa shape index (κ1) is 22.3. The molecule has 0 aromatic rings. The zero-order chi connectivity index (χ0) is 19.5. The van der Waals surface area contributed by atoms with Crippen LogP contribution in [0.5, 0.6) is 0 Å². The monoisotopic (exact) mass is 376 g/mol. The first-order valence-corrected chi connectivity index (χ1v) is 8.47. The van der Waals surface area contributed by atoms with E-state index < -0.39 is 49.3 Å². The number of alkyl carbamates (subject to hydrolysis) is 1. The number of hydrogen-bond donors (Lipinski definition) is 5. The van der Waals surface area contributed by atoms with Crippen molar-refractivity contribution in [3.63, 3.8) is 0 Å². The van der Waals surface area contributed by atoms with Crippen molar-refractivity contribution in [1.29, 1.82) is 0 Å². The van der Waals surface area contributed by atoms with Crippen LogP contribution in [-0.4, -0.2) is 84.3 Å². The van der Waals surface area contributed by atoms with Gasteiger partial charge in [0.15, 0.2) is 6.29 Å². The second-order valence-electron chi connectivity index (χ2n) is 5.76. The van der Waals surface area contributed by atoms with Crippen LogP contribution in [0.4, 0.5) is 4.79 Å². The Bertz CT molecular complexity index is 473. The Morgan fingerprint density at radius 3 is 2.50 bits per heavy atom. The SMILES string of the molecule is CCCNC(=O)OC/C=C\CO[C@@H]1O[C@H](CO)[C@@H](O)[C@H](O)[C@H]1NC(C)=O. The second kappa shape index (κ2) is 11.8. The van der Waals surface area contributed by atoms with Crippen LogP contribution in [0.2, 0.25) is 0 Å². The molecule has 150 valence electrons. The number of ether oxygens (including phenoxy) is 3. The summed E-state index contributed by atoms with van der Waals surface area (Å²) in [5, 5.41) is 34.2. The zero-order valence-electron chi connectivity index (χ0n) is 15.0. The average molecular weight is 376 g/mol. The van der Waals surface area contributed by atoms with Crippen LogP contribution in [0.15, 0.2) is 12.2 Å². The fraction of sp³-hybridized carbons (Fsp3) is 0.750. The molecular weight excluding hydrogens is 348 g/mol. The molecule has 26 heavy (non-hydrogen) atoms. The van der Waals surface area contributed by atoms with E-state index in [0.717, 1.165) is 6.42 Å². The van der Waals surface area contributed by atoms with Crippen molar-refractivity contribution >= 4 is 12.0 Å². The van der Waals surface area contributed by atoms with Gasteiger partial charge in [0.1, 0.15) is 31.0 Å². The normalized spacial score (nSPS) is 28.7. The molecule has 0 aromatic heterocycles. The van der Waals surface area contributed by atoms with Gasteiger partial charge in [-0.1, -0.05) is 13.0 Å². The molecular formula is C16H28N2O8. The minimum Gasteiger partial charge on any atom is -0.445 e. The minimum atomic E-state index is -1.36. The van der Waals surface area contributed by atoms with Crippen molar-refractivity contribution in [2.45, 2.75) is 50.9 Å². The Balaban J connectivity index is 2.47. The molecule has 10 heteroatoms. The third kappa shape index (κ3) is 7.26. The van der Waals surface area contributed by atoms with E-state index in [4.69, 9.17) is 14.2 Å². The number of carbonyl (C=O) groups is 2. The summed E-state index contributed by atoms with van der Waals surface area (Å²) < 4.78 is 15.7. The van der Waals surface area contributed by atoms with E-state index in [2.05, 4.69) is 10.6 Å². The molecule has 5 N–H and O–H groups in total. The Hall–Kier alpha value is -1.72. The van der Waals surface area contributed by atoms with Gasteiger partial charge in [-0.3, -0.25) is 4.79 Å². The summed E-state index contributed by atoms with van der Waals surface area (Å²) in [6, 6.07) is -0.991. The lowest BCUT2D eigenvalue weighted by Gasteiger charge is -2.42. The molecule has 0 radical (unpaired) electrons. The highest BCUT2D eigenvalue weighted by Crippen LogP contribution is 2.22. The highest BCUT2D eigenvalue weighted by Gasteiger charge is 2.45. The summed E-state index contributed by atoms with van der Waals surface area (Å²) >= 11 is 0. The molecule has 1 rings (SSSR count). The van der Waals surface area contributed by atoms with E-state index in [1.807, 2.05) is 6.92 Å². The van der Waals surface area contributed by atoms with Crippen molar-refractivity contribution in [3.8, 4) is 0 Å². The molecule has 0 saturated carbocycles. The molecule has 10 nitrogen and oxygen atoms in total. The highest BCUT2D eigenvalue weighted by molar-refractivity contribution is 5.73. The lowest BCUT2D eigenvalue weighted by Crippen LogP contribution is -2.64. The van der Waals surface area contributed by atoms with Gasteiger partial charge in [-0.25, -0.2) is 4.79 Å². The second-order valence-corrected chi connectivity index (χ2v) is 5.76. The zero-order valence-corrected chi connectivity index (χ0v) is 15.0. The number of aliphatic hydroxyl groups is 3. The van der Waals surface area contributed by atoms with Crippen LogP contribution in [0.25, 0.3) is 0 Å². The van der Waals surface area contributed by atoms with Crippen molar-refractivity contribution in [1.82, 2.24) is 10.6 Å². The highest BCUT2D eigenvalue weighted by atomic mass is 16.7. The van der Waals surface area contributed by atoms with Gasteiger partial charge in [-0.05, 0) is 12.5 Å². The topological polar surface area (TPSA) is 147 Å². The van der Waals surface area contributed by atoms with E-state index in [-0.39, 0.29) is 13.2 Å². The predicted molar refractivity (Wildman–Crippen MR) is 90.1 cm³/mol. The van der Waals surface area contributed by atoms with Gasteiger partial charge in [0.2, 0.25) is 5.91 Å². The van der Waals surface area contributed by atoms with E-state index in [1.165, 1.54) is 6.92 Å². The molecule has 0 unspecified atom stereocenters. The summed E-state index contributed by atoms with van der Waals surface area (Å²) in [5.41, 5.74) is 0. The molecule has 1 aliphatic rings. The van der Waals surface area contributed by atoms with Crippen molar-refractivity contribution in [2.75, 3.05) is 26.4 Å². The molecule has 1 aliphatic heterocycles. The maximum atomic E-state index is 11.3. The van der Waals surface area contributed by atoms with Gasteiger partial charge in [-0.2, -0.15) is 0 Å². The molecule has 1 heterocycles. The molecule has 0 bridgehead atoms. The maximum absolute atomic E-state index is 11.3. The summed E-state index contributed by atoms with van der Waals surface area (Å²) in [6.07, 6.45) is -1.37. The number of hydrogen-bond acceptors (Lipinski definition) is 8. The third-order valence-corrected chi connectivity index (χ3v) is 3.60. The number of rotatable bonds is 9. The average Bonchev–Trinajstić information content (AvgIpc) is 2.61. The Morgan fingerprint density at radius 2 is 1.88 bits per heavy atom. The van der Waals surface area contributed by atoms with Crippen LogP contribution in [-0.2, 0) is 19.0 Å². The van der Waals surface area contributed by atoms with Crippen molar-refractivity contribution in [2.24, 2.45) is 0 Å². The standard InChI is InChI=1S/C16H28N2O8/c1-3-6-17-16(23)25-8-5-4-7-24-15-12(18-10(2)20)14(22)13(21)11(9-19)26-15/h4-5,11-15,19,21-22H,3,6-9H2,1-2H3,(H,17,23)(H,18,20)/b5-4-/t11-,12-,13-,14-,15-/m1/s1. The Labute approximate surface area is 152 Å². The third-order valence-electron chi connectivity index (χ3n) is 3.60. The first-order chi connectivity index (χ1) is 12.4. The minimum absolute atomic E-state index is 0.0433. The van der Waals surface area contributed by atoms with Gasteiger partial charge in [0, 0.05) is 13.5 Å². The number of aliphatic hydroxyl groups excluding tert-OH is 3. The van der Waals surface area contributed by atoms with Crippen LogP contribution in [0.1, 0.15) is 20.3 Å². The van der Waals surface area contributed by atoms with E-state index in [9.17, 15) is 24.9 Å². The summed E-state index contributed by atoms with van der Waals surface area (Å²) in [4.78, 5) is 22.5. The number of amides is 2.